The maximum Gasteiger partial charge on any atom is 0.191 e. The van der Waals surface area contributed by atoms with E-state index < -0.39 is 0 Å². The summed E-state index contributed by atoms with van der Waals surface area (Å²) in [5.74, 6) is 2.79. The number of ether oxygens (including phenoxy) is 2. The van der Waals surface area contributed by atoms with Gasteiger partial charge < -0.3 is 20.1 Å². The molecule has 136 valence electrons. The predicted octanol–water partition coefficient (Wildman–Crippen LogP) is 3.28. The minimum absolute atomic E-state index is 0.462. The monoisotopic (exact) mass is 361 g/mol. The molecular weight excluding hydrogens is 334 g/mol. The minimum atomic E-state index is 0.462. The van der Waals surface area contributed by atoms with Gasteiger partial charge in [0.15, 0.2) is 17.5 Å². The van der Waals surface area contributed by atoms with E-state index in [1.165, 1.54) is 10.4 Å². The fourth-order valence-electron chi connectivity index (χ4n) is 2.50. The minimum Gasteiger partial charge on any atom is -0.493 e. The largest absolute Gasteiger partial charge is 0.493 e. The summed E-state index contributed by atoms with van der Waals surface area (Å²) in [6.45, 7) is 3.87. The summed E-state index contributed by atoms with van der Waals surface area (Å²) >= 11 is 1.79. The molecule has 2 rings (SSSR count). The van der Waals surface area contributed by atoms with Crippen molar-refractivity contribution in [1.29, 1.82) is 0 Å². The molecule has 0 amide bonds. The van der Waals surface area contributed by atoms with Crippen LogP contribution in [0.25, 0.3) is 0 Å². The van der Waals surface area contributed by atoms with Gasteiger partial charge in [-0.25, -0.2) is 0 Å². The van der Waals surface area contributed by atoms with Gasteiger partial charge in [-0.1, -0.05) is 19.1 Å². The molecule has 1 unspecified atom stereocenters. The van der Waals surface area contributed by atoms with Crippen LogP contribution in [0.2, 0.25) is 0 Å². The molecule has 0 aliphatic carbocycles. The molecule has 25 heavy (non-hydrogen) atoms. The first-order valence-corrected chi connectivity index (χ1v) is 9.24. The van der Waals surface area contributed by atoms with Crippen LogP contribution in [0.5, 0.6) is 11.5 Å². The second-order valence-electron chi connectivity index (χ2n) is 5.74. The third-order valence-electron chi connectivity index (χ3n) is 3.98. The Morgan fingerprint density at radius 2 is 1.96 bits per heavy atom. The van der Waals surface area contributed by atoms with E-state index in [1.807, 2.05) is 12.1 Å². The lowest BCUT2D eigenvalue weighted by Gasteiger charge is -2.15. The van der Waals surface area contributed by atoms with Crippen molar-refractivity contribution in [2.24, 2.45) is 4.99 Å². The highest BCUT2D eigenvalue weighted by Crippen LogP contribution is 2.27. The summed E-state index contributed by atoms with van der Waals surface area (Å²) in [7, 11) is 5.09. The fraction of sp³-hybridized carbons (Fsp3) is 0.421. The number of benzene rings is 1. The molecule has 0 bridgehead atoms. The number of guanidine groups is 1. The van der Waals surface area contributed by atoms with E-state index in [0.717, 1.165) is 37.0 Å². The van der Waals surface area contributed by atoms with E-state index in [2.05, 4.69) is 46.1 Å². The van der Waals surface area contributed by atoms with Crippen LogP contribution in [-0.4, -0.2) is 40.3 Å². The quantitative estimate of drug-likeness (QED) is 0.560. The Hall–Kier alpha value is -2.21. The van der Waals surface area contributed by atoms with Gasteiger partial charge >= 0.3 is 0 Å². The van der Waals surface area contributed by atoms with Gasteiger partial charge in [0.2, 0.25) is 0 Å². The molecule has 1 atom stereocenters. The molecule has 0 saturated carbocycles. The average molecular weight is 362 g/mol. The van der Waals surface area contributed by atoms with Gasteiger partial charge in [-0.3, -0.25) is 4.99 Å². The van der Waals surface area contributed by atoms with Gasteiger partial charge in [0.1, 0.15) is 0 Å². The molecule has 1 heterocycles. The Morgan fingerprint density at radius 1 is 1.16 bits per heavy atom. The van der Waals surface area contributed by atoms with E-state index in [1.54, 1.807) is 32.6 Å². The van der Waals surface area contributed by atoms with Gasteiger partial charge in [-0.2, -0.15) is 0 Å². The lowest BCUT2D eigenvalue weighted by Crippen LogP contribution is -2.39. The van der Waals surface area contributed by atoms with Crippen LogP contribution >= 0.6 is 11.3 Å². The molecule has 0 saturated heterocycles. The van der Waals surface area contributed by atoms with Gasteiger partial charge in [0.25, 0.3) is 0 Å². The molecule has 0 aliphatic rings. The lowest BCUT2D eigenvalue weighted by molar-refractivity contribution is 0.354. The van der Waals surface area contributed by atoms with Crippen molar-refractivity contribution in [3.63, 3.8) is 0 Å². The van der Waals surface area contributed by atoms with Crippen molar-refractivity contribution in [2.45, 2.75) is 19.3 Å². The van der Waals surface area contributed by atoms with Crippen LogP contribution in [0.4, 0.5) is 0 Å². The number of methoxy groups -OCH3 is 2. The highest BCUT2D eigenvalue weighted by atomic mass is 32.1. The Morgan fingerprint density at radius 3 is 2.60 bits per heavy atom. The Balaban J connectivity index is 1.79. The molecule has 1 aromatic heterocycles. The summed E-state index contributed by atoms with van der Waals surface area (Å²) in [4.78, 5) is 5.67. The van der Waals surface area contributed by atoms with Crippen LogP contribution in [0, 0.1) is 0 Å². The molecule has 6 heteroatoms. The smallest absolute Gasteiger partial charge is 0.191 e. The van der Waals surface area contributed by atoms with Gasteiger partial charge in [0, 0.05) is 30.9 Å². The van der Waals surface area contributed by atoms with Gasteiger partial charge in [0.05, 0.1) is 14.2 Å². The molecule has 2 aromatic rings. The zero-order chi connectivity index (χ0) is 18.1. The van der Waals surface area contributed by atoms with E-state index in [9.17, 15) is 0 Å². The zero-order valence-electron chi connectivity index (χ0n) is 15.3. The van der Waals surface area contributed by atoms with Gasteiger partial charge in [-0.15, -0.1) is 11.3 Å². The third-order valence-corrected chi connectivity index (χ3v) is 5.09. The Bertz CT molecular complexity index is 671. The summed E-state index contributed by atoms with van der Waals surface area (Å²) in [6.07, 6.45) is 0.877. The fourth-order valence-corrected chi connectivity index (χ4v) is 3.29. The van der Waals surface area contributed by atoms with Crippen molar-refractivity contribution < 1.29 is 9.47 Å². The Kier molecular flexibility index (Phi) is 7.60. The normalized spacial score (nSPS) is 12.6. The molecule has 0 aliphatic heterocycles. The van der Waals surface area contributed by atoms with Crippen LogP contribution < -0.4 is 20.1 Å². The first-order chi connectivity index (χ1) is 12.2. The predicted molar refractivity (Wildman–Crippen MR) is 105 cm³/mol. The SMILES string of the molecule is CN=C(NCCc1ccc(OC)c(OC)c1)NCC(C)c1cccs1. The molecule has 5 nitrogen and oxygen atoms in total. The van der Waals surface area contributed by atoms with Crippen LogP contribution in [-0.2, 0) is 6.42 Å². The second-order valence-corrected chi connectivity index (χ2v) is 6.71. The average Bonchev–Trinajstić information content (AvgIpc) is 3.18. The number of rotatable bonds is 8. The highest BCUT2D eigenvalue weighted by Gasteiger charge is 2.08. The van der Waals surface area contributed by atoms with Crippen molar-refractivity contribution in [3.05, 3.63) is 46.2 Å². The molecule has 2 N–H and O–H groups in total. The topological polar surface area (TPSA) is 54.9 Å². The Labute approximate surface area is 154 Å². The molecular formula is C19H27N3O2S. The van der Waals surface area contributed by atoms with E-state index >= 15 is 0 Å². The van der Waals surface area contributed by atoms with E-state index in [4.69, 9.17) is 9.47 Å². The number of thiophene rings is 1. The van der Waals surface area contributed by atoms with Crippen molar-refractivity contribution in [3.8, 4) is 11.5 Å². The first-order valence-electron chi connectivity index (χ1n) is 8.36. The first kappa shape index (κ1) is 19.1. The number of aliphatic imine (C=N–C) groups is 1. The van der Waals surface area contributed by atoms with Crippen LogP contribution in [0.1, 0.15) is 23.3 Å². The van der Waals surface area contributed by atoms with Crippen molar-refractivity contribution in [1.82, 2.24) is 10.6 Å². The maximum atomic E-state index is 5.35. The molecule has 1 aromatic carbocycles. The van der Waals surface area contributed by atoms with E-state index in [-0.39, 0.29) is 0 Å². The number of nitrogens with one attached hydrogen (secondary N) is 2. The molecule has 0 radical (unpaired) electrons. The standard InChI is InChI=1S/C19H27N3O2S/c1-14(18-6-5-11-25-18)13-22-19(20-2)21-10-9-15-7-8-16(23-3)17(12-15)24-4/h5-8,11-12,14H,9-10,13H2,1-4H3,(H2,20,21,22). The lowest BCUT2D eigenvalue weighted by atomic mass is 10.1. The van der Waals surface area contributed by atoms with Gasteiger partial charge in [-0.05, 0) is 35.6 Å². The summed E-state index contributed by atoms with van der Waals surface area (Å²) < 4.78 is 10.6. The van der Waals surface area contributed by atoms with E-state index in [0.29, 0.717) is 5.92 Å². The maximum absolute atomic E-state index is 5.35. The number of hydrogen-bond donors (Lipinski definition) is 2. The van der Waals surface area contributed by atoms with Crippen molar-refractivity contribution >= 4 is 17.3 Å². The number of hydrogen-bond acceptors (Lipinski definition) is 4. The van der Waals surface area contributed by atoms with Crippen LogP contribution in [0.15, 0.2) is 40.7 Å². The summed E-state index contributed by atoms with van der Waals surface area (Å²) in [6, 6.07) is 10.3. The zero-order valence-corrected chi connectivity index (χ0v) is 16.2. The highest BCUT2D eigenvalue weighted by molar-refractivity contribution is 7.10. The molecule has 0 fully saturated rings. The second kappa shape index (κ2) is 9.93. The number of nitrogens with zero attached hydrogens (tertiary/aromatic N) is 1. The third kappa shape index (κ3) is 5.67. The summed E-state index contributed by atoms with van der Waals surface area (Å²) in [5.41, 5.74) is 1.19. The van der Waals surface area contributed by atoms with Crippen molar-refractivity contribution in [2.75, 3.05) is 34.4 Å². The summed E-state index contributed by atoms with van der Waals surface area (Å²) in [5, 5.41) is 8.85. The van der Waals surface area contributed by atoms with Crippen LogP contribution in [0.3, 0.4) is 0 Å². The molecule has 0 spiro atoms.